The smallest absolute Gasteiger partial charge is 0.363 e. The third-order valence-corrected chi connectivity index (χ3v) is 3.99. The molecule has 3 rings (SSSR count). The lowest BCUT2D eigenvalue weighted by molar-refractivity contribution is -0.129. The highest BCUT2D eigenvalue weighted by atomic mass is 35.5. The van der Waals surface area contributed by atoms with Gasteiger partial charge in [0.2, 0.25) is 5.90 Å². The van der Waals surface area contributed by atoms with Gasteiger partial charge in [0.25, 0.3) is 0 Å². The van der Waals surface area contributed by atoms with Gasteiger partial charge in [-0.05, 0) is 47.5 Å². The maximum atomic E-state index is 11.9. The van der Waals surface area contributed by atoms with Crippen LogP contribution in [0.2, 0.25) is 10.0 Å². The van der Waals surface area contributed by atoms with Crippen molar-refractivity contribution in [2.45, 2.75) is 0 Å². The lowest BCUT2D eigenvalue weighted by Gasteiger charge is -1.99. The molecule has 6 heteroatoms. The molecule has 0 fully saturated rings. The van der Waals surface area contributed by atoms with Crippen LogP contribution in [0.1, 0.15) is 11.1 Å². The Balaban J connectivity index is 1.79. The fraction of sp³-hybridized carbons (Fsp3) is 0.0526. The average molecular weight is 374 g/mol. The van der Waals surface area contributed by atoms with Crippen LogP contribution in [0.15, 0.2) is 59.2 Å². The zero-order valence-corrected chi connectivity index (χ0v) is 14.7. The van der Waals surface area contributed by atoms with Crippen LogP contribution in [0, 0.1) is 0 Å². The first kappa shape index (κ1) is 17.3. The number of benzene rings is 2. The first-order valence-corrected chi connectivity index (χ1v) is 8.10. The van der Waals surface area contributed by atoms with Crippen LogP contribution in [-0.2, 0) is 9.53 Å². The van der Waals surface area contributed by atoms with Crippen molar-refractivity contribution in [3.05, 3.63) is 75.4 Å². The number of carbonyl (C=O) groups excluding carboxylic acids is 1. The highest BCUT2D eigenvalue weighted by Crippen LogP contribution is 2.25. The normalized spacial score (nSPS) is 15.6. The molecule has 0 unspecified atom stereocenters. The van der Waals surface area contributed by atoms with Crippen molar-refractivity contribution < 1.29 is 14.3 Å². The van der Waals surface area contributed by atoms with E-state index < -0.39 is 5.97 Å². The van der Waals surface area contributed by atoms with Gasteiger partial charge in [-0.2, -0.15) is 0 Å². The maximum absolute atomic E-state index is 11.9. The van der Waals surface area contributed by atoms with Gasteiger partial charge in [-0.15, -0.1) is 0 Å². The number of cyclic esters (lactones) is 1. The first-order valence-electron chi connectivity index (χ1n) is 7.35. The number of esters is 1. The zero-order valence-electron chi connectivity index (χ0n) is 13.2. The van der Waals surface area contributed by atoms with Crippen LogP contribution >= 0.6 is 23.2 Å². The lowest BCUT2D eigenvalue weighted by Crippen LogP contribution is -2.01. The number of hydrogen-bond donors (Lipinski definition) is 0. The maximum Gasteiger partial charge on any atom is 0.363 e. The minimum absolute atomic E-state index is 0.179. The van der Waals surface area contributed by atoms with Crippen molar-refractivity contribution in [3.8, 4) is 5.75 Å². The summed E-state index contributed by atoms with van der Waals surface area (Å²) in [4.78, 5) is 16.1. The van der Waals surface area contributed by atoms with Crippen LogP contribution in [0.4, 0.5) is 0 Å². The fourth-order valence-corrected chi connectivity index (χ4v) is 2.61. The molecule has 0 bridgehead atoms. The molecule has 0 aromatic heterocycles. The van der Waals surface area contributed by atoms with E-state index in [9.17, 15) is 4.79 Å². The molecular weight excluding hydrogens is 361 g/mol. The van der Waals surface area contributed by atoms with Crippen LogP contribution in [0.5, 0.6) is 5.75 Å². The zero-order chi connectivity index (χ0) is 17.8. The molecule has 2 aromatic rings. The molecular formula is C19H13Cl2NO3. The van der Waals surface area contributed by atoms with Gasteiger partial charge in [0, 0.05) is 16.1 Å². The Bertz CT molecular complexity index is 899. The van der Waals surface area contributed by atoms with E-state index in [4.69, 9.17) is 32.7 Å². The predicted molar refractivity (Wildman–Crippen MR) is 100.0 cm³/mol. The Morgan fingerprint density at radius 2 is 1.84 bits per heavy atom. The molecule has 25 heavy (non-hydrogen) atoms. The largest absolute Gasteiger partial charge is 0.497 e. The molecule has 2 aromatic carbocycles. The van der Waals surface area contributed by atoms with Gasteiger partial charge in [0.05, 0.1) is 7.11 Å². The monoisotopic (exact) mass is 373 g/mol. The van der Waals surface area contributed by atoms with E-state index in [1.165, 1.54) is 0 Å². The highest BCUT2D eigenvalue weighted by Gasteiger charge is 2.21. The van der Waals surface area contributed by atoms with E-state index in [2.05, 4.69) is 4.99 Å². The van der Waals surface area contributed by atoms with Crippen molar-refractivity contribution >= 4 is 47.2 Å². The quantitative estimate of drug-likeness (QED) is 0.558. The van der Waals surface area contributed by atoms with Crippen molar-refractivity contribution in [2.75, 3.05) is 7.11 Å². The molecule has 0 aliphatic carbocycles. The second-order valence-electron chi connectivity index (χ2n) is 5.14. The van der Waals surface area contributed by atoms with E-state index in [-0.39, 0.29) is 11.6 Å². The standard InChI is InChI=1S/C19H13Cl2NO3/c1-24-15-7-2-12(3-8-15)4-9-18-22-17(19(23)25-18)10-13-5-6-14(20)11-16(13)21/h2-11H,1H3. The van der Waals surface area contributed by atoms with Crippen molar-refractivity contribution in [1.82, 2.24) is 0 Å². The lowest BCUT2D eigenvalue weighted by atomic mass is 10.2. The summed E-state index contributed by atoms with van der Waals surface area (Å²) in [7, 11) is 1.61. The topological polar surface area (TPSA) is 47.9 Å². The second-order valence-corrected chi connectivity index (χ2v) is 5.99. The van der Waals surface area contributed by atoms with Gasteiger partial charge < -0.3 is 9.47 Å². The number of hydrogen-bond acceptors (Lipinski definition) is 4. The van der Waals surface area contributed by atoms with E-state index in [0.717, 1.165) is 11.3 Å². The molecule has 0 saturated carbocycles. The van der Waals surface area contributed by atoms with Crippen LogP contribution in [0.3, 0.4) is 0 Å². The summed E-state index contributed by atoms with van der Waals surface area (Å²) in [6.07, 6.45) is 4.99. The summed E-state index contributed by atoms with van der Waals surface area (Å²) in [6.45, 7) is 0. The number of carbonyl (C=O) groups is 1. The van der Waals surface area contributed by atoms with Gasteiger partial charge in [-0.3, -0.25) is 0 Å². The Hall–Kier alpha value is -2.56. The molecule has 126 valence electrons. The Morgan fingerprint density at radius 1 is 1.08 bits per heavy atom. The number of methoxy groups -OCH3 is 1. The van der Waals surface area contributed by atoms with Gasteiger partial charge >= 0.3 is 5.97 Å². The summed E-state index contributed by atoms with van der Waals surface area (Å²) in [6, 6.07) is 12.5. The Labute approximate surface area is 155 Å². The van der Waals surface area contributed by atoms with Gasteiger partial charge in [0.1, 0.15) is 5.75 Å². The SMILES string of the molecule is COc1ccc(C=CC2=NC(=Cc3ccc(Cl)cc3Cl)C(=O)O2)cc1. The number of aliphatic imine (C=N–C) groups is 1. The van der Waals surface area contributed by atoms with Gasteiger partial charge in [-0.1, -0.05) is 41.4 Å². The van der Waals surface area contributed by atoms with Crippen molar-refractivity contribution in [2.24, 2.45) is 4.99 Å². The fourth-order valence-electron chi connectivity index (χ4n) is 2.15. The van der Waals surface area contributed by atoms with E-state index in [0.29, 0.717) is 15.6 Å². The Morgan fingerprint density at radius 3 is 2.52 bits per heavy atom. The summed E-state index contributed by atoms with van der Waals surface area (Å²) in [5.41, 5.74) is 1.75. The third kappa shape index (κ3) is 4.29. The minimum Gasteiger partial charge on any atom is -0.497 e. The molecule has 0 N–H and O–H groups in total. The molecule has 1 aliphatic rings. The Kier molecular flexibility index (Phi) is 5.22. The van der Waals surface area contributed by atoms with E-state index in [1.54, 1.807) is 43.5 Å². The highest BCUT2D eigenvalue weighted by molar-refractivity contribution is 6.35. The molecule has 0 amide bonds. The van der Waals surface area contributed by atoms with Crippen LogP contribution in [0.25, 0.3) is 12.2 Å². The number of halogens is 2. The molecule has 0 atom stereocenters. The number of rotatable bonds is 4. The average Bonchev–Trinajstić information content (AvgIpc) is 2.96. The molecule has 4 nitrogen and oxygen atoms in total. The third-order valence-electron chi connectivity index (χ3n) is 3.43. The first-order chi connectivity index (χ1) is 12.0. The number of nitrogens with zero attached hydrogens (tertiary/aromatic N) is 1. The molecule has 1 heterocycles. The summed E-state index contributed by atoms with van der Waals surface area (Å²) >= 11 is 12.0. The summed E-state index contributed by atoms with van der Waals surface area (Å²) < 4.78 is 10.2. The van der Waals surface area contributed by atoms with Gasteiger partial charge in [0.15, 0.2) is 5.70 Å². The van der Waals surface area contributed by atoms with E-state index >= 15 is 0 Å². The minimum atomic E-state index is -0.527. The molecule has 0 spiro atoms. The summed E-state index contributed by atoms with van der Waals surface area (Å²) in [5, 5.41) is 0.956. The van der Waals surface area contributed by atoms with Crippen molar-refractivity contribution in [3.63, 3.8) is 0 Å². The summed E-state index contributed by atoms with van der Waals surface area (Å²) in [5.74, 6) is 0.462. The van der Waals surface area contributed by atoms with Crippen LogP contribution < -0.4 is 4.74 Å². The molecule has 1 aliphatic heterocycles. The molecule has 0 saturated heterocycles. The number of ether oxygens (including phenoxy) is 2. The molecule has 0 radical (unpaired) electrons. The van der Waals surface area contributed by atoms with Crippen molar-refractivity contribution in [1.29, 1.82) is 0 Å². The second kappa shape index (κ2) is 7.55. The predicted octanol–water partition coefficient (Wildman–Crippen LogP) is 5.01. The van der Waals surface area contributed by atoms with E-state index in [1.807, 2.05) is 24.3 Å². The van der Waals surface area contributed by atoms with Gasteiger partial charge in [-0.25, -0.2) is 9.79 Å². The van der Waals surface area contributed by atoms with Crippen LogP contribution in [-0.4, -0.2) is 19.0 Å².